The highest BCUT2D eigenvalue weighted by Crippen LogP contribution is 2.23. The van der Waals surface area contributed by atoms with Crippen LogP contribution in [0.4, 0.5) is 0 Å². The van der Waals surface area contributed by atoms with E-state index in [-0.39, 0.29) is 18.9 Å². The van der Waals surface area contributed by atoms with Crippen LogP contribution in [0.2, 0.25) is 0 Å². The number of aromatic nitrogens is 1. The summed E-state index contributed by atoms with van der Waals surface area (Å²) in [6.07, 6.45) is 0.153. The third-order valence-electron chi connectivity index (χ3n) is 4.44. The molecule has 0 atom stereocenters. The summed E-state index contributed by atoms with van der Waals surface area (Å²) < 4.78 is 17.8. The number of carbonyl (C=O) groups is 2. The third kappa shape index (κ3) is 4.65. The number of thiazole rings is 1. The molecule has 0 aliphatic rings. The van der Waals surface area contributed by atoms with Gasteiger partial charge in [0, 0.05) is 0 Å². The lowest BCUT2D eigenvalue weighted by atomic mass is 10.1. The van der Waals surface area contributed by atoms with Crippen LogP contribution in [0.1, 0.15) is 11.1 Å². The van der Waals surface area contributed by atoms with E-state index in [9.17, 15) is 9.59 Å². The zero-order valence-electron chi connectivity index (χ0n) is 16.7. The summed E-state index contributed by atoms with van der Waals surface area (Å²) in [6, 6.07) is 11.1. The first-order chi connectivity index (χ1) is 13.9. The van der Waals surface area contributed by atoms with Crippen molar-refractivity contribution in [3.8, 4) is 11.5 Å². The van der Waals surface area contributed by atoms with Crippen LogP contribution in [0.25, 0.3) is 10.2 Å². The summed E-state index contributed by atoms with van der Waals surface area (Å²) in [5.74, 6) is 0.745. The average Bonchev–Trinajstić information content (AvgIpc) is 3.03. The van der Waals surface area contributed by atoms with Gasteiger partial charge in [0.25, 0.3) is 5.91 Å². The van der Waals surface area contributed by atoms with Crippen LogP contribution < -0.4 is 14.3 Å². The van der Waals surface area contributed by atoms with Crippen molar-refractivity contribution in [2.45, 2.75) is 19.9 Å². The molecule has 0 saturated heterocycles. The van der Waals surface area contributed by atoms with Gasteiger partial charge in [-0.2, -0.15) is 4.99 Å². The second kappa shape index (κ2) is 8.91. The van der Waals surface area contributed by atoms with E-state index in [0.717, 1.165) is 27.1 Å². The van der Waals surface area contributed by atoms with Crippen molar-refractivity contribution >= 4 is 33.4 Å². The van der Waals surface area contributed by atoms with Crippen molar-refractivity contribution in [3.05, 3.63) is 52.3 Å². The number of hydrogen-bond donors (Lipinski definition) is 0. The zero-order chi connectivity index (χ0) is 21.0. The van der Waals surface area contributed by atoms with Crippen molar-refractivity contribution in [1.82, 2.24) is 4.57 Å². The number of fused-ring (bicyclic) bond motifs is 1. The smallest absolute Gasteiger partial charge is 0.325 e. The molecule has 152 valence electrons. The predicted octanol–water partition coefficient (Wildman–Crippen LogP) is 2.87. The Balaban J connectivity index is 1.98. The second-order valence-electron chi connectivity index (χ2n) is 6.37. The predicted molar refractivity (Wildman–Crippen MR) is 110 cm³/mol. The van der Waals surface area contributed by atoms with Crippen LogP contribution in [0, 0.1) is 6.92 Å². The second-order valence-corrected chi connectivity index (χ2v) is 7.38. The third-order valence-corrected chi connectivity index (χ3v) is 5.48. The minimum atomic E-state index is -0.416. The van der Waals surface area contributed by atoms with Crippen LogP contribution in [0.15, 0.2) is 41.4 Å². The van der Waals surface area contributed by atoms with Crippen molar-refractivity contribution in [2.24, 2.45) is 4.99 Å². The molecule has 1 heterocycles. The number of nitrogens with zero attached hydrogens (tertiary/aromatic N) is 2. The van der Waals surface area contributed by atoms with Crippen molar-refractivity contribution in [2.75, 3.05) is 21.3 Å². The number of amides is 1. The molecule has 8 heteroatoms. The molecule has 0 bridgehead atoms. The van der Waals surface area contributed by atoms with E-state index in [0.29, 0.717) is 10.6 Å². The molecule has 0 fully saturated rings. The molecule has 1 aromatic heterocycles. The van der Waals surface area contributed by atoms with Crippen molar-refractivity contribution < 1.29 is 23.8 Å². The molecule has 0 radical (unpaired) electrons. The molecule has 7 nitrogen and oxygen atoms in total. The maximum Gasteiger partial charge on any atom is 0.325 e. The number of methoxy groups -OCH3 is 3. The van der Waals surface area contributed by atoms with Crippen LogP contribution in [-0.2, 0) is 27.3 Å². The Hall–Kier alpha value is -3.13. The molecule has 29 heavy (non-hydrogen) atoms. The lowest BCUT2D eigenvalue weighted by Crippen LogP contribution is -2.22. The first-order valence-corrected chi connectivity index (χ1v) is 9.72. The number of esters is 1. The van der Waals surface area contributed by atoms with Gasteiger partial charge in [-0.1, -0.05) is 23.5 Å². The molecule has 0 N–H and O–H groups in total. The molecule has 2 aromatic carbocycles. The fourth-order valence-electron chi connectivity index (χ4n) is 2.98. The molecule has 0 spiro atoms. The molecule has 3 rings (SSSR count). The monoisotopic (exact) mass is 414 g/mol. The summed E-state index contributed by atoms with van der Waals surface area (Å²) in [7, 11) is 4.52. The minimum absolute atomic E-state index is 0.0312. The van der Waals surface area contributed by atoms with Gasteiger partial charge in [0.2, 0.25) is 0 Å². The van der Waals surface area contributed by atoms with Gasteiger partial charge in [-0.05, 0) is 42.3 Å². The Morgan fingerprint density at radius 2 is 1.86 bits per heavy atom. The van der Waals surface area contributed by atoms with E-state index in [1.165, 1.54) is 18.4 Å². The number of hydrogen-bond acceptors (Lipinski definition) is 6. The maximum absolute atomic E-state index is 12.6. The first-order valence-electron chi connectivity index (χ1n) is 8.90. The van der Waals surface area contributed by atoms with Gasteiger partial charge in [-0.15, -0.1) is 0 Å². The largest absolute Gasteiger partial charge is 0.497 e. The van der Waals surface area contributed by atoms with Gasteiger partial charge in [-0.25, -0.2) is 0 Å². The minimum Gasteiger partial charge on any atom is -0.497 e. The molecule has 1 amide bonds. The molecule has 0 aliphatic carbocycles. The number of ether oxygens (including phenoxy) is 3. The Kier molecular flexibility index (Phi) is 6.33. The lowest BCUT2D eigenvalue weighted by Gasteiger charge is -2.06. The van der Waals surface area contributed by atoms with Crippen molar-refractivity contribution in [3.63, 3.8) is 0 Å². The van der Waals surface area contributed by atoms with Gasteiger partial charge >= 0.3 is 5.97 Å². The van der Waals surface area contributed by atoms with E-state index < -0.39 is 5.97 Å². The van der Waals surface area contributed by atoms with E-state index in [1.54, 1.807) is 24.9 Å². The topological polar surface area (TPSA) is 79.1 Å². The molecule has 0 aliphatic heterocycles. The van der Waals surface area contributed by atoms with Crippen molar-refractivity contribution in [1.29, 1.82) is 0 Å². The van der Waals surface area contributed by atoms with Crippen LogP contribution in [0.5, 0.6) is 11.5 Å². The summed E-state index contributed by atoms with van der Waals surface area (Å²) in [6.45, 7) is 1.89. The SMILES string of the molecule is COC(=O)Cn1c(=NC(=O)Cc2ccc(OC)c(C)c2)sc2cc(OC)ccc21. The van der Waals surface area contributed by atoms with E-state index in [1.807, 2.05) is 37.3 Å². The van der Waals surface area contributed by atoms with Gasteiger partial charge in [0.1, 0.15) is 18.0 Å². The number of rotatable bonds is 6. The lowest BCUT2D eigenvalue weighted by molar-refractivity contribution is -0.141. The standard InChI is InChI=1S/C21H22N2O5S/c1-13-9-14(5-8-17(13)27-3)10-19(24)22-21-23(12-20(25)28-4)16-7-6-15(26-2)11-18(16)29-21/h5-9,11H,10,12H2,1-4H3. The van der Waals surface area contributed by atoms with E-state index in [4.69, 9.17) is 14.2 Å². The Morgan fingerprint density at radius 3 is 2.52 bits per heavy atom. The fraction of sp³-hybridized carbons (Fsp3) is 0.286. The maximum atomic E-state index is 12.6. The fourth-order valence-corrected chi connectivity index (χ4v) is 4.06. The van der Waals surface area contributed by atoms with E-state index >= 15 is 0 Å². The van der Waals surface area contributed by atoms with Gasteiger partial charge in [0.15, 0.2) is 4.80 Å². The summed E-state index contributed by atoms with van der Waals surface area (Å²) in [5, 5.41) is 0. The van der Waals surface area contributed by atoms with Gasteiger partial charge in [0.05, 0.1) is 38.0 Å². The Labute approximate surface area is 172 Å². The molecule has 0 saturated carbocycles. The summed E-state index contributed by atoms with van der Waals surface area (Å²) in [5.41, 5.74) is 2.58. The quantitative estimate of drug-likeness (QED) is 0.580. The number of carbonyl (C=O) groups excluding carboxylic acids is 2. The van der Waals surface area contributed by atoms with Gasteiger partial charge < -0.3 is 18.8 Å². The molecular formula is C21H22N2O5S. The Morgan fingerprint density at radius 1 is 1.07 bits per heavy atom. The molecule has 0 unspecified atom stereocenters. The van der Waals surface area contributed by atoms with Crippen LogP contribution in [0.3, 0.4) is 0 Å². The number of aryl methyl sites for hydroxylation is 1. The van der Waals surface area contributed by atoms with Crippen LogP contribution in [-0.4, -0.2) is 37.8 Å². The average molecular weight is 414 g/mol. The van der Waals surface area contributed by atoms with Gasteiger partial charge in [-0.3, -0.25) is 9.59 Å². The van der Waals surface area contributed by atoms with Crippen LogP contribution >= 0.6 is 11.3 Å². The molecular weight excluding hydrogens is 392 g/mol. The highest BCUT2D eigenvalue weighted by molar-refractivity contribution is 7.16. The normalized spacial score (nSPS) is 11.5. The summed E-state index contributed by atoms with van der Waals surface area (Å²) in [4.78, 5) is 29.2. The number of benzene rings is 2. The Bertz CT molecular complexity index is 1130. The van der Waals surface area contributed by atoms with E-state index in [2.05, 4.69) is 4.99 Å². The zero-order valence-corrected chi connectivity index (χ0v) is 17.5. The highest BCUT2D eigenvalue weighted by Gasteiger charge is 2.13. The highest BCUT2D eigenvalue weighted by atomic mass is 32.1. The summed E-state index contributed by atoms with van der Waals surface area (Å²) >= 11 is 1.32. The molecule has 3 aromatic rings. The first kappa shape index (κ1) is 20.6.